The molecule has 1 aromatic carbocycles. The number of nitrogens with zero attached hydrogens (tertiary/aromatic N) is 2. The molecular formula is C20H30N4O6S. The minimum Gasteiger partial charge on any atom is -0.497 e. The van der Waals surface area contributed by atoms with Gasteiger partial charge < -0.3 is 20.3 Å². The Labute approximate surface area is 182 Å². The van der Waals surface area contributed by atoms with E-state index in [-0.39, 0.29) is 43.0 Å². The molecule has 172 valence electrons. The molecule has 0 radical (unpaired) electrons. The molecule has 0 bridgehead atoms. The number of carbonyl (C=O) groups is 3. The van der Waals surface area contributed by atoms with Crippen LogP contribution in [0.3, 0.4) is 0 Å². The fourth-order valence-corrected chi connectivity index (χ4v) is 4.91. The summed E-state index contributed by atoms with van der Waals surface area (Å²) in [7, 11) is 0.108. The highest BCUT2D eigenvalue weighted by molar-refractivity contribution is 7.91. The minimum atomic E-state index is -3.09. The molecule has 3 amide bonds. The molecule has 2 N–H and O–H groups in total. The van der Waals surface area contributed by atoms with E-state index in [2.05, 4.69) is 10.6 Å². The molecule has 11 heteroatoms. The second-order valence-electron chi connectivity index (χ2n) is 7.52. The third-order valence-electron chi connectivity index (χ3n) is 4.86. The van der Waals surface area contributed by atoms with Crippen LogP contribution in [-0.4, -0.2) is 93.8 Å². The van der Waals surface area contributed by atoms with Crippen LogP contribution in [0.2, 0.25) is 0 Å². The molecule has 1 saturated heterocycles. The lowest BCUT2D eigenvalue weighted by Gasteiger charge is -2.24. The second kappa shape index (κ2) is 11.1. The van der Waals surface area contributed by atoms with Crippen molar-refractivity contribution in [1.82, 2.24) is 15.1 Å². The molecule has 1 aliphatic rings. The summed E-state index contributed by atoms with van der Waals surface area (Å²) in [4.78, 5) is 39.9. The van der Waals surface area contributed by atoms with Crippen molar-refractivity contribution in [2.24, 2.45) is 0 Å². The van der Waals surface area contributed by atoms with E-state index in [1.807, 2.05) is 0 Å². The summed E-state index contributed by atoms with van der Waals surface area (Å²) < 4.78 is 28.1. The van der Waals surface area contributed by atoms with Crippen LogP contribution in [0.4, 0.5) is 5.69 Å². The van der Waals surface area contributed by atoms with Crippen LogP contribution < -0.4 is 15.4 Å². The normalized spacial score (nSPS) is 17.2. The summed E-state index contributed by atoms with van der Waals surface area (Å²) in [6, 6.07) is 6.49. The van der Waals surface area contributed by atoms with Crippen molar-refractivity contribution in [2.45, 2.75) is 19.4 Å². The van der Waals surface area contributed by atoms with Gasteiger partial charge in [-0.05, 0) is 44.7 Å². The molecule has 1 unspecified atom stereocenters. The van der Waals surface area contributed by atoms with Gasteiger partial charge in [-0.3, -0.25) is 19.3 Å². The van der Waals surface area contributed by atoms with Crippen molar-refractivity contribution < 1.29 is 27.5 Å². The maximum atomic E-state index is 12.5. The van der Waals surface area contributed by atoms with Gasteiger partial charge >= 0.3 is 0 Å². The zero-order valence-corrected chi connectivity index (χ0v) is 18.9. The van der Waals surface area contributed by atoms with Gasteiger partial charge in [-0.2, -0.15) is 0 Å². The van der Waals surface area contributed by atoms with Crippen molar-refractivity contribution in [3.8, 4) is 5.75 Å². The standard InChI is InChI=1S/C20H30N4O6S/c1-4-24(12-19(26)22-16-9-10-31(28,29)14-16)20(27)13-23(2)11-18(25)21-15-5-7-17(30-3)8-6-15/h5-8,16H,4,9-14H2,1-3H3,(H,21,25)(H,22,26). The molecule has 31 heavy (non-hydrogen) atoms. The van der Waals surface area contributed by atoms with Crippen LogP contribution >= 0.6 is 0 Å². The van der Waals surface area contributed by atoms with Gasteiger partial charge in [0.15, 0.2) is 9.84 Å². The third kappa shape index (κ3) is 8.18. The molecule has 1 aliphatic heterocycles. The highest BCUT2D eigenvalue weighted by Gasteiger charge is 2.29. The Kier molecular flexibility index (Phi) is 8.81. The van der Waals surface area contributed by atoms with Crippen molar-refractivity contribution in [1.29, 1.82) is 0 Å². The van der Waals surface area contributed by atoms with Gasteiger partial charge in [0.1, 0.15) is 5.75 Å². The van der Waals surface area contributed by atoms with Gasteiger partial charge in [0.2, 0.25) is 17.7 Å². The van der Waals surface area contributed by atoms with E-state index < -0.39 is 21.8 Å². The molecule has 0 spiro atoms. The number of amides is 3. The first-order valence-electron chi connectivity index (χ1n) is 10.0. The average molecular weight is 455 g/mol. The van der Waals surface area contributed by atoms with E-state index in [0.29, 0.717) is 24.4 Å². The van der Waals surface area contributed by atoms with E-state index >= 15 is 0 Å². The van der Waals surface area contributed by atoms with Crippen molar-refractivity contribution in [3.63, 3.8) is 0 Å². The second-order valence-corrected chi connectivity index (χ2v) is 9.75. The maximum Gasteiger partial charge on any atom is 0.239 e. The number of hydrogen-bond donors (Lipinski definition) is 2. The predicted octanol–water partition coefficient (Wildman–Crippen LogP) is -0.283. The van der Waals surface area contributed by atoms with Crippen LogP contribution in [0.15, 0.2) is 24.3 Å². The number of carbonyl (C=O) groups excluding carboxylic acids is 3. The Bertz CT molecular complexity index is 887. The number of sulfone groups is 1. The summed E-state index contributed by atoms with van der Waals surface area (Å²) in [6.07, 6.45) is 0.389. The monoisotopic (exact) mass is 454 g/mol. The summed E-state index contributed by atoms with van der Waals surface area (Å²) in [6.45, 7) is 1.89. The van der Waals surface area contributed by atoms with Crippen LogP contribution in [0.5, 0.6) is 5.75 Å². The third-order valence-corrected chi connectivity index (χ3v) is 6.63. The SMILES string of the molecule is CCN(CC(=O)NC1CCS(=O)(=O)C1)C(=O)CN(C)CC(=O)Nc1ccc(OC)cc1. The number of anilines is 1. The highest BCUT2D eigenvalue weighted by Crippen LogP contribution is 2.15. The lowest BCUT2D eigenvalue weighted by Crippen LogP contribution is -2.47. The lowest BCUT2D eigenvalue weighted by atomic mass is 10.2. The zero-order chi connectivity index (χ0) is 23.0. The number of likely N-dealkylation sites (N-methyl/N-ethyl adjacent to an activating group) is 2. The molecule has 1 heterocycles. The first-order valence-corrected chi connectivity index (χ1v) is 11.8. The Morgan fingerprint density at radius 3 is 2.32 bits per heavy atom. The van der Waals surface area contributed by atoms with Gasteiger partial charge in [-0.25, -0.2) is 8.42 Å². The molecule has 1 atom stereocenters. The molecule has 1 aromatic rings. The Balaban J connectivity index is 1.78. The van der Waals surface area contributed by atoms with Gasteiger partial charge in [0, 0.05) is 18.3 Å². The Morgan fingerprint density at radius 2 is 1.77 bits per heavy atom. The average Bonchev–Trinajstić information content (AvgIpc) is 3.04. The molecule has 0 saturated carbocycles. The Morgan fingerprint density at radius 1 is 1.10 bits per heavy atom. The summed E-state index contributed by atoms with van der Waals surface area (Å²) in [5.41, 5.74) is 0.617. The zero-order valence-electron chi connectivity index (χ0n) is 18.1. The van der Waals surface area contributed by atoms with Crippen LogP contribution in [-0.2, 0) is 24.2 Å². The maximum absolute atomic E-state index is 12.5. The van der Waals surface area contributed by atoms with Crippen LogP contribution in [0, 0.1) is 0 Å². The molecule has 0 aliphatic carbocycles. The van der Waals surface area contributed by atoms with Crippen molar-refractivity contribution in [3.05, 3.63) is 24.3 Å². The topological polar surface area (TPSA) is 125 Å². The van der Waals surface area contributed by atoms with Crippen LogP contribution in [0.1, 0.15) is 13.3 Å². The quantitative estimate of drug-likeness (QED) is 0.498. The number of nitrogens with one attached hydrogen (secondary N) is 2. The molecule has 2 rings (SSSR count). The lowest BCUT2D eigenvalue weighted by molar-refractivity contribution is -0.137. The smallest absolute Gasteiger partial charge is 0.239 e. The number of hydrogen-bond acceptors (Lipinski definition) is 7. The number of rotatable bonds is 10. The fourth-order valence-electron chi connectivity index (χ4n) is 3.24. The number of methoxy groups -OCH3 is 1. The van der Waals surface area contributed by atoms with Gasteiger partial charge in [-0.15, -0.1) is 0 Å². The number of ether oxygens (including phenoxy) is 1. The molecule has 0 aromatic heterocycles. The Hall–Kier alpha value is -2.66. The summed E-state index contributed by atoms with van der Waals surface area (Å²) in [5.74, 6) is -0.279. The van der Waals surface area contributed by atoms with Gasteiger partial charge in [0.05, 0.1) is 38.2 Å². The summed E-state index contributed by atoms with van der Waals surface area (Å²) >= 11 is 0. The van der Waals surface area contributed by atoms with E-state index in [4.69, 9.17) is 4.74 Å². The van der Waals surface area contributed by atoms with Crippen molar-refractivity contribution >= 4 is 33.2 Å². The van der Waals surface area contributed by atoms with E-state index in [1.54, 1.807) is 50.2 Å². The molecular weight excluding hydrogens is 424 g/mol. The largest absolute Gasteiger partial charge is 0.497 e. The fraction of sp³-hybridized carbons (Fsp3) is 0.550. The van der Waals surface area contributed by atoms with E-state index in [1.165, 1.54) is 4.90 Å². The van der Waals surface area contributed by atoms with E-state index in [9.17, 15) is 22.8 Å². The summed E-state index contributed by atoms with van der Waals surface area (Å²) in [5, 5.41) is 5.42. The minimum absolute atomic E-state index is 0.00144. The first-order chi connectivity index (χ1) is 14.6. The van der Waals surface area contributed by atoms with Crippen molar-refractivity contribution in [2.75, 3.05) is 57.2 Å². The van der Waals surface area contributed by atoms with E-state index in [0.717, 1.165) is 0 Å². The molecule has 10 nitrogen and oxygen atoms in total. The highest BCUT2D eigenvalue weighted by atomic mass is 32.2. The predicted molar refractivity (Wildman–Crippen MR) is 117 cm³/mol. The van der Waals surface area contributed by atoms with Gasteiger partial charge in [0.25, 0.3) is 0 Å². The molecule has 1 fully saturated rings. The first kappa shape index (κ1) is 24.6. The van der Waals surface area contributed by atoms with Gasteiger partial charge in [-0.1, -0.05) is 0 Å². The van der Waals surface area contributed by atoms with Crippen LogP contribution in [0.25, 0.3) is 0 Å². The number of benzene rings is 1.